The quantitative estimate of drug-likeness (QED) is 0.751. The Balaban J connectivity index is 3.40. The first kappa shape index (κ1) is 11.8. The number of hydrogen-bond donors (Lipinski definition) is 0. The summed E-state index contributed by atoms with van der Waals surface area (Å²) in [4.78, 5) is 0. The Morgan fingerprint density at radius 1 is 1.21 bits per heavy atom. The summed E-state index contributed by atoms with van der Waals surface area (Å²) in [7, 11) is 0.419. The first-order chi connectivity index (χ1) is 6.36. The van der Waals surface area contributed by atoms with E-state index < -0.39 is 8.07 Å². The molecule has 3 heteroatoms. The van der Waals surface area contributed by atoms with Crippen molar-refractivity contribution in [2.24, 2.45) is 0 Å². The Hall–Kier alpha value is -0.283. The molecule has 0 saturated carbocycles. The lowest BCUT2D eigenvalue weighted by molar-refractivity contribution is 0.415. The lowest BCUT2D eigenvalue weighted by atomic mass is 10.2. The molecule has 1 aromatic carbocycles. The van der Waals surface area contributed by atoms with Crippen molar-refractivity contribution in [3.63, 3.8) is 0 Å². The van der Waals surface area contributed by atoms with Crippen LogP contribution in [0.1, 0.15) is 5.56 Å². The largest absolute Gasteiger partial charge is 0.496 e. The fourth-order valence-corrected chi connectivity index (χ4v) is 3.99. The maximum absolute atomic E-state index is 5.45. The van der Waals surface area contributed by atoms with Crippen LogP contribution in [0.25, 0.3) is 0 Å². The SMILES string of the molecule is COc1c(Br)cc(C)cc1[Si](C)(C)C. The second-order valence-electron chi connectivity index (χ2n) is 4.58. The molecule has 0 aromatic heterocycles. The molecule has 0 fully saturated rings. The van der Waals surface area contributed by atoms with Crippen LogP contribution in [0.4, 0.5) is 0 Å². The molecule has 0 unspecified atom stereocenters. The van der Waals surface area contributed by atoms with Crippen molar-refractivity contribution in [3.8, 4) is 5.75 Å². The van der Waals surface area contributed by atoms with Crippen LogP contribution >= 0.6 is 15.9 Å². The molecule has 0 spiro atoms. The molecule has 0 radical (unpaired) electrons. The van der Waals surface area contributed by atoms with Crippen molar-refractivity contribution in [3.05, 3.63) is 22.2 Å². The minimum atomic E-state index is -1.32. The molecule has 14 heavy (non-hydrogen) atoms. The highest BCUT2D eigenvalue weighted by atomic mass is 79.9. The van der Waals surface area contributed by atoms with E-state index in [2.05, 4.69) is 54.6 Å². The molecule has 0 atom stereocenters. The molecule has 0 aliphatic heterocycles. The van der Waals surface area contributed by atoms with E-state index in [4.69, 9.17) is 4.74 Å². The first-order valence-corrected chi connectivity index (χ1v) is 9.00. The summed E-state index contributed by atoms with van der Waals surface area (Å²) in [5, 5.41) is 1.38. The fourth-order valence-electron chi connectivity index (χ4n) is 1.49. The zero-order valence-corrected chi connectivity index (χ0v) is 12.0. The summed E-state index contributed by atoms with van der Waals surface area (Å²) in [5.41, 5.74) is 1.29. The first-order valence-electron chi connectivity index (χ1n) is 4.71. The number of ether oxygens (including phenoxy) is 1. The van der Waals surface area contributed by atoms with Crippen LogP contribution in [-0.2, 0) is 0 Å². The summed E-state index contributed by atoms with van der Waals surface area (Å²) < 4.78 is 6.51. The maximum Gasteiger partial charge on any atom is 0.132 e. The molecule has 78 valence electrons. The van der Waals surface area contributed by atoms with Gasteiger partial charge in [0.1, 0.15) is 5.75 Å². The monoisotopic (exact) mass is 272 g/mol. The minimum absolute atomic E-state index is 1.01. The van der Waals surface area contributed by atoms with Gasteiger partial charge in [-0.15, -0.1) is 0 Å². The second kappa shape index (κ2) is 4.07. The second-order valence-corrected chi connectivity index (χ2v) is 10.5. The number of rotatable bonds is 2. The van der Waals surface area contributed by atoms with E-state index in [0.717, 1.165) is 10.2 Å². The summed E-state index contributed by atoms with van der Waals surface area (Å²) in [6, 6.07) is 4.35. The molecule has 0 heterocycles. The lowest BCUT2D eigenvalue weighted by Crippen LogP contribution is -2.38. The van der Waals surface area contributed by atoms with Gasteiger partial charge in [0.05, 0.1) is 19.7 Å². The van der Waals surface area contributed by atoms with Crippen LogP contribution in [0.3, 0.4) is 0 Å². The third-order valence-corrected chi connectivity index (χ3v) is 4.78. The van der Waals surface area contributed by atoms with Gasteiger partial charge >= 0.3 is 0 Å². The average Bonchev–Trinajstić information content (AvgIpc) is 2.01. The van der Waals surface area contributed by atoms with Gasteiger partial charge in [-0.3, -0.25) is 0 Å². The maximum atomic E-state index is 5.45. The zero-order chi connectivity index (χ0) is 10.9. The van der Waals surface area contributed by atoms with Crippen molar-refractivity contribution in [1.29, 1.82) is 0 Å². The van der Waals surface area contributed by atoms with Gasteiger partial charge in [0.25, 0.3) is 0 Å². The Kier molecular flexibility index (Phi) is 3.43. The predicted molar refractivity (Wildman–Crippen MR) is 68.4 cm³/mol. The van der Waals surface area contributed by atoms with Crippen molar-refractivity contribution < 1.29 is 4.74 Å². The third kappa shape index (κ3) is 2.39. The molecule has 0 aliphatic rings. The summed E-state index contributed by atoms with van der Waals surface area (Å²) in [5.74, 6) is 1.01. The van der Waals surface area contributed by atoms with Gasteiger partial charge in [0.2, 0.25) is 0 Å². The molecule has 0 aliphatic carbocycles. The Bertz CT molecular complexity index is 342. The Morgan fingerprint density at radius 3 is 2.21 bits per heavy atom. The smallest absolute Gasteiger partial charge is 0.132 e. The van der Waals surface area contributed by atoms with Crippen LogP contribution in [0.2, 0.25) is 19.6 Å². The van der Waals surface area contributed by atoms with Crippen LogP contribution in [0, 0.1) is 6.92 Å². The van der Waals surface area contributed by atoms with Gasteiger partial charge < -0.3 is 4.74 Å². The summed E-state index contributed by atoms with van der Waals surface area (Å²) >= 11 is 3.55. The van der Waals surface area contributed by atoms with Crippen LogP contribution in [-0.4, -0.2) is 15.2 Å². The van der Waals surface area contributed by atoms with Gasteiger partial charge in [-0.1, -0.05) is 25.7 Å². The molecule has 0 saturated heterocycles. The standard InChI is InChI=1S/C11H17BrOSi/c1-8-6-9(12)11(13-2)10(7-8)14(3,4)5/h6-7H,1-5H3. The van der Waals surface area contributed by atoms with Gasteiger partial charge in [-0.2, -0.15) is 0 Å². The molecule has 0 N–H and O–H groups in total. The minimum Gasteiger partial charge on any atom is -0.496 e. The van der Waals surface area contributed by atoms with Crippen LogP contribution in [0.15, 0.2) is 16.6 Å². The molecule has 0 bridgehead atoms. The Labute approximate surface area is 95.6 Å². The highest BCUT2D eigenvalue weighted by molar-refractivity contribution is 9.10. The highest BCUT2D eigenvalue weighted by Gasteiger charge is 2.22. The van der Waals surface area contributed by atoms with E-state index in [1.165, 1.54) is 10.8 Å². The topological polar surface area (TPSA) is 9.23 Å². The molecule has 0 amide bonds. The van der Waals surface area contributed by atoms with Gasteiger partial charge in [-0.05, 0) is 39.7 Å². The average molecular weight is 273 g/mol. The summed E-state index contributed by atoms with van der Waals surface area (Å²) in [6.07, 6.45) is 0. The number of methoxy groups -OCH3 is 1. The lowest BCUT2D eigenvalue weighted by Gasteiger charge is -2.21. The number of benzene rings is 1. The van der Waals surface area contributed by atoms with E-state index in [1.54, 1.807) is 7.11 Å². The molecular weight excluding hydrogens is 256 g/mol. The molecular formula is C11H17BrOSi. The fraction of sp³-hybridized carbons (Fsp3) is 0.455. The highest BCUT2D eigenvalue weighted by Crippen LogP contribution is 2.26. The van der Waals surface area contributed by atoms with Crippen LogP contribution in [0.5, 0.6) is 5.75 Å². The van der Waals surface area contributed by atoms with Gasteiger partial charge in [0, 0.05) is 0 Å². The van der Waals surface area contributed by atoms with E-state index in [-0.39, 0.29) is 0 Å². The third-order valence-electron chi connectivity index (χ3n) is 2.20. The predicted octanol–water partition coefficient (Wildman–Crippen LogP) is 3.31. The van der Waals surface area contributed by atoms with E-state index >= 15 is 0 Å². The zero-order valence-electron chi connectivity index (χ0n) is 9.44. The number of hydrogen-bond acceptors (Lipinski definition) is 1. The summed E-state index contributed by atoms with van der Waals surface area (Å²) in [6.45, 7) is 9.11. The van der Waals surface area contributed by atoms with Crippen LogP contribution < -0.4 is 9.92 Å². The van der Waals surface area contributed by atoms with E-state index in [1.807, 2.05) is 0 Å². The van der Waals surface area contributed by atoms with Crippen molar-refractivity contribution in [2.75, 3.05) is 7.11 Å². The number of halogens is 1. The van der Waals surface area contributed by atoms with Crippen molar-refractivity contribution in [1.82, 2.24) is 0 Å². The normalized spacial score (nSPS) is 11.6. The van der Waals surface area contributed by atoms with E-state index in [9.17, 15) is 0 Å². The molecule has 1 aromatic rings. The molecule has 1 rings (SSSR count). The number of aryl methyl sites for hydroxylation is 1. The molecule has 1 nitrogen and oxygen atoms in total. The van der Waals surface area contributed by atoms with E-state index in [0.29, 0.717) is 0 Å². The Morgan fingerprint density at radius 2 is 1.79 bits per heavy atom. The van der Waals surface area contributed by atoms with Gasteiger partial charge in [0.15, 0.2) is 0 Å². The van der Waals surface area contributed by atoms with Crippen molar-refractivity contribution >= 4 is 29.2 Å². The van der Waals surface area contributed by atoms with Crippen molar-refractivity contribution in [2.45, 2.75) is 26.6 Å². The van der Waals surface area contributed by atoms with Gasteiger partial charge in [-0.25, -0.2) is 0 Å².